The Labute approximate surface area is 209 Å². The maximum atomic E-state index is 13.2. The van der Waals surface area contributed by atoms with Crippen LogP contribution < -0.4 is 5.32 Å². The fourth-order valence-corrected chi connectivity index (χ4v) is 5.75. The highest BCUT2D eigenvalue weighted by molar-refractivity contribution is 7.89. The summed E-state index contributed by atoms with van der Waals surface area (Å²) in [5, 5.41) is 3.13. The van der Waals surface area contributed by atoms with E-state index in [2.05, 4.69) is 20.3 Å². The Kier molecular flexibility index (Phi) is 6.42. The molecule has 37 heavy (non-hydrogen) atoms. The Hall–Kier alpha value is -3.84. The molecule has 1 aromatic carbocycles. The molecular formula is C24H20F3N5O4S. The van der Waals surface area contributed by atoms with Gasteiger partial charge in [-0.1, -0.05) is 18.2 Å². The number of furan rings is 1. The van der Waals surface area contributed by atoms with E-state index in [4.69, 9.17) is 4.42 Å². The summed E-state index contributed by atoms with van der Waals surface area (Å²) in [6.45, 7) is 0.160. The van der Waals surface area contributed by atoms with Crippen LogP contribution in [-0.2, 0) is 27.5 Å². The molecule has 0 saturated carbocycles. The van der Waals surface area contributed by atoms with Crippen molar-refractivity contribution >= 4 is 26.9 Å². The molecule has 1 saturated heterocycles. The zero-order valence-corrected chi connectivity index (χ0v) is 20.0. The van der Waals surface area contributed by atoms with Gasteiger partial charge in [0.05, 0.1) is 30.3 Å². The molecule has 1 fully saturated rings. The summed E-state index contributed by atoms with van der Waals surface area (Å²) in [6.07, 6.45) is -0.638. The van der Waals surface area contributed by atoms with Crippen LogP contribution in [0.15, 0.2) is 70.6 Å². The van der Waals surface area contributed by atoms with Gasteiger partial charge in [-0.25, -0.2) is 13.4 Å². The van der Waals surface area contributed by atoms with Crippen LogP contribution in [-0.4, -0.2) is 46.2 Å². The van der Waals surface area contributed by atoms with Gasteiger partial charge in [0.25, 0.3) is 10.0 Å². The molecule has 5 rings (SSSR count). The van der Waals surface area contributed by atoms with Gasteiger partial charge in [0.15, 0.2) is 5.69 Å². The van der Waals surface area contributed by atoms with E-state index in [9.17, 15) is 26.4 Å². The number of nitrogens with zero attached hydrogens (tertiary/aromatic N) is 4. The van der Waals surface area contributed by atoms with Crippen molar-refractivity contribution in [2.75, 3.05) is 6.54 Å². The van der Waals surface area contributed by atoms with Gasteiger partial charge in [-0.15, -0.1) is 0 Å². The van der Waals surface area contributed by atoms with Crippen LogP contribution >= 0.6 is 0 Å². The van der Waals surface area contributed by atoms with Gasteiger partial charge < -0.3 is 9.73 Å². The number of nitrogens with one attached hydrogen (secondary N) is 1. The van der Waals surface area contributed by atoms with Crippen molar-refractivity contribution in [1.29, 1.82) is 0 Å². The van der Waals surface area contributed by atoms with Crippen LogP contribution in [0.3, 0.4) is 0 Å². The molecule has 192 valence electrons. The Morgan fingerprint density at radius 2 is 1.92 bits per heavy atom. The minimum atomic E-state index is -4.59. The van der Waals surface area contributed by atoms with E-state index < -0.39 is 33.8 Å². The van der Waals surface area contributed by atoms with Crippen molar-refractivity contribution in [3.05, 3.63) is 72.4 Å². The highest BCUT2D eigenvalue weighted by atomic mass is 32.2. The normalized spacial score (nSPS) is 16.8. The fraction of sp³-hybridized carbons (Fsp3) is 0.250. The predicted octanol–water partition coefficient (Wildman–Crippen LogP) is 3.77. The summed E-state index contributed by atoms with van der Waals surface area (Å²) < 4.78 is 71.4. The van der Waals surface area contributed by atoms with E-state index in [1.54, 1.807) is 36.4 Å². The van der Waals surface area contributed by atoms with Gasteiger partial charge >= 0.3 is 6.18 Å². The summed E-state index contributed by atoms with van der Waals surface area (Å²) >= 11 is 0. The first-order valence-corrected chi connectivity index (χ1v) is 12.7. The van der Waals surface area contributed by atoms with E-state index in [-0.39, 0.29) is 23.9 Å². The van der Waals surface area contributed by atoms with Gasteiger partial charge in [-0.2, -0.15) is 17.5 Å². The number of hydrogen-bond donors (Lipinski definition) is 1. The Morgan fingerprint density at radius 3 is 2.65 bits per heavy atom. The summed E-state index contributed by atoms with van der Waals surface area (Å²) in [6, 6.07) is 10.6. The average Bonchev–Trinajstić information content (AvgIpc) is 3.55. The molecule has 0 aliphatic carbocycles. The van der Waals surface area contributed by atoms with Gasteiger partial charge in [-0.3, -0.25) is 14.8 Å². The minimum absolute atomic E-state index is 0.0181. The number of carbonyl (C=O) groups is 1. The molecule has 1 amide bonds. The lowest BCUT2D eigenvalue weighted by molar-refractivity contribution is -0.141. The smallest absolute Gasteiger partial charge is 0.434 e. The van der Waals surface area contributed by atoms with Crippen LogP contribution in [0.2, 0.25) is 0 Å². The van der Waals surface area contributed by atoms with Crippen LogP contribution in [0.25, 0.3) is 22.2 Å². The van der Waals surface area contributed by atoms with Crippen LogP contribution in [0, 0.1) is 0 Å². The lowest BCUT2D eigenvalue weighted by atomic mass is 10.1. The molecular weight excluding hydrogens is 511 g/mol. The summed E-state index contributed by atoms with van der Waals surface area (Å²) in [5.74, 6) is -0.487. The monoisotopic (exact) mass is 531 g/mol. The minimum Gasteiger partial charge on any atom is -0.443 e. The number of rotatable bonds is 6. The molecule has 0 bridgehead atoms. The van der Waals surface area contributed by atoms with Crippen LogP contribution in [0.5, 0.6) is 0 Å². The summed E-state index contributed by atoms with van der Waals surface area (Å²) in [7, 11) is -4.04. The molecule has 0 radical (unpaired) electrons. The van der Waals surface area contributed by atoms with E-state index in [1.165, 1.54) is 12.3 Å². The molecule has 1 unspecified atom stereocenters. The molecule has 9 nitrogen and oxygen atoms in total. The third-order valence-electron chi connectivity index (χ3n) is 5.97. The number of hydrogen-bond acceptors (Lipinski definition) is 7. The maximum Gasteiger partial charge on any atom is 0.434 e. The van der Waals surface area contributed by atoms with Crippen molar-refractivity contribution in [3.8, 4) is 11.3 Å². The zero-order chi connectivity index (χ0) is 26.2. The topological polar surface area (TPSA) is 118 Å². The first kappa shape index (κ1) is 24.8. The van der Waals surface area contributed by atoms with Gasteiger partial charge in [0.1, 0.15) is 11.6 Å². The van der Waals surface area contributed by atoms with E-state index in [1.807, 2.05) is 0 Å². The van der Waals surface area contributed by atoms with Crippen molar-refractivity contribution in [3.63, 3.8) is 0 Å². The van der Waals surface area contributed by atoms with Crippen molar-refractivity contribution in [1.82, 2.24) is 24.6 Å². The first-order chi connectivity index (χ1) is 17.6. The lowest BCUT2D eigenvalue weighted by Crippen LogP contribution is -2.45. The number of halogens is 3. The van der Waals surface area contributed by atoms with Gasteiger partial charge in [-0.05, 0) is 31.0 Å². The number of pyridine rings is 1. The molecule has 1 aliphatic rings. The predicted molar refractivity (Wildman–Crippen MR) is 125 cm³/mol. The highest BCUT2D eigenvalue weighted by Crippen LogP contribution is 2.30. The highest BCUT2D eigenvalue weighted by Gasteiger charge is 2.41. The molecule has 4 heterocycles. The molecule has 1 aliphatic heterocycles. The Bertz CT molecular complexity index is 1520. The number of benzene rings is 1. The second kappa shape index (κ2) is 9.56. The first-order valence-electron chi connectivity index (χ1n) is 11.3. The Balaban J connectivity index is 1.28. The molecule has 1 N–H and O–H groups in total. The number of fused-ring (bicyclic) bond motifs is 1. The SMILES string of the molecule is O=C(NCc1cc(-c2cnc(C(F)(F)F)cn2)ccn1)C1CCCN1S(=O)(=O)c1cc2ccccc2o1. The Morgan fingerprint density at radius 1 is 1.11 bits per heavy atom. The number of aromatic nitrogens is 3. The largest absolute Gasteiger partial charge is 0.443 e. The molecule has 1 atom stereocenters. The van der Waals surface area contributed by atoms with Gasteiger partial charge in [0, 0.05) is 29.8 Å². The number of para-hydroxylation sites is 1. The van der Waals surface area contributed by atoms with Crippen molar-refractivity contribution in [2.24, 2.45) is 0 Å². The molecule has 4 aromatic rings. The van der Waals surface area contributed by atoms with Gasteiger partial charge in [0.2, 0.25) is 11.0 Å². The summed E-state index contributed by atoms with van der Waals surface area (Å²) in [4.78, 5) is 24.4. The zero-order valence-electron chi connectivity index (χ0n) is 19.1. The summed E-state index contributed by atoms with van der Waals surface area (Å²) in [5.41, 5.74) is 0.427. The third kappa shape index (κ3) is 5.04. The molecule has 13 heteroatoms. The second-order valence-electron chi connectivity index (χ2n) is 8.42. The van der Waals surface area contributed by atoms with Crippen LogP contribution in [0.4, 0.5) is 13.2 Å². The fourth-order valence-electron chi connectivity index (χ4n) is 4.14. The number of amides is 1. The standard InChI is InChI=1S/C24H20F3N5O4S/c25-24(26,27)21-14-29-18(13-30-21)15-7-8-28-17(10-15)12-31-23(33)19-5-3-9-32(19)37(34,35)22-11-16-4-1-2-6-20(16)36-22/h1-2,4,6-8,10-11,13-14,19H,3,5,9,12H2,(H,31,33). The molecule has 0 spiro atoms. The van der Waals surface area contributed by atoms with E-state index in [0.717, 1.165) is 10.5 Å². The lowest BCUT2D eigenvalue weighted by Gasteiger charge is -2.22. The van der Waals surface area contributed by atoms with E-state index >= 15 is 0 Å². The maximum absolute atomic E-state index is 13.2. The second-order valence-corrected chi connectivity index (χ2v) is 10.2. The van der Waals surface area contributed by atoms with Crippen molar-refractivity contribution in [2.45, 2.75) is 36.7 Å². The number of alkyl halides is 3. The average molecular weight is 532 g/mol. The number of carbonyl (C=O) groups excluding carboxylic acids is 1. The van der Waals surface area contributed by atoms with E-state index in [0.29, 0.717) is 41.3 Å². The van der Waals surface area contributed by atoms with Crippen molar-refractivity contribution < 1.29 is 30.8 Å². The quantitative estimate of drug-likeness (QED) is 0.402. The third-order valence-corrected chi connectivity index (χ3v) is 7.73. The van der Waals surface area contributed by atoms with Crippen LogP contribution in [0.1, 0.15) is 24.2 Å². The molecule has 3 aromatic heterocycles. The number of sulfonamides is 1.